The predicted octanol–water partition coefficient (Wildman–Crippen LogP) is 5.77. The molecule has 4 rings (SSSR count). The maximum atomic E-state index is 13.9. The number of piperidine rings is 1. The lowest BCUT2D eigenvalue weighted by Crippen LogP contribution is -2.41. The summed E-state index contributed by atoms with van der Waals surface area (Å²) in [6.45, 7) is 2.29. The second kappa shape index (κ2) is 13.1. The van der Waals surface area contributed by atoms with Crippen LogP contribution in [0.2, 0.25) is 0 Å². The van der Waals surface area contributed by atoms with Gasteiger partial charge in [0.1, 0.15) is 17.4 Å². The SMILES string of the molecule is COc1ccc2nccc([C@@H](O)CC[C@@H]3CCN(CCCCc4c(F)cccc4F)C[C@@H]3CC(=O)O)c2c1. The fourth-order valence-corrected chi connectivity index (χ4v) is 5.69. The summed E-state index contributed by atoms with van der Waals surface area (Å²) in [5.41, 5.74) is 1.72. The van der Waals surface area contributed by atoms with Gasteiger partial charge in [0.15, 0.2) is 0 Å². The van der Waals surface area contributed by atoms with E-state index >= 15 is 0 Å². The molecule has 6 nitrogen and oxygen atoms in total. The molecule has 2 heterocycles. The number of carbonyl (C=O) groups is 1. The topological polar surface area (TPSA) is 82.9 Å². The number of nitrogens with zero attached hydrogens (tertiary/aromatic N) is 2. The molecule has 0 aliphatic carbocycles. The molecular weight excluding hydrogens is 490 g/mol. The first-order chi connectivity index (χ1) is 18.4. The Morgan fingerprint density at radius 1 is 1.16 bits per heavy atom. The number of pyridine rings is 1. The Labute approximate surface area is 222 Å². The van der Waals surface area contributed by atoms with Crippen LogP contribution in [0.15, 0.2) is 48.7 Å². The highest BCUT2D eigenvalue weighted by Crippen LogP contribution is 2.35. The molecule has 3 atom stereocenters. The van der Waals surface area contributed by atoms with E-state index < -0.39 is 23.7 Å². The zero-order chi connectivity index (χ0) is 27.1. The first-order valence-corrected chi connectivity index (χ1v) is 13.3. The van der Waals surface area contributed by atoms with Crippen molar-refractivity contribution in [2.75, 3.05) is 26.7 Å². The minimum absolute atomic E-state index is 0.00765. The summed E-state index contributed by atoms with van der Waals surface area (Å²) < 4.78 is 33.1. The van der Waals surface area contributed by atoms with Crippen molar-refractivity contribution in [2.24, 2.45) is 11.8 Å². The lowest BCUT2D eigenvalue weighted by atomic mass is 9.79. The summed E-state index contributed by atoms with van der Waals surface area (Å²) in [7, 11) is 1.60. The van der Waals surface area contributed by atoms with Gasteiger partial charge >= 0.3 is 5.97 Å². The van der Waals surface area contributed by atoms with Gasteiger partial charge in [-0.2, -0.15) is 0 Å². The summed E-state index contributed by atoms with van der Waals surface area (Å²) in [5, 5.41) is 21.4. The van der Waals surface area contributed by atoms with E-state index in [9.17, 15) is 23.8 Å². The van der Waals surface area contributed by atoms with Crippen molar-refractivity contribution in [2.45, 2.75) is 51.0 Å². The molecule has 1 aromatic heterocycles. The van der Waals surface area contributed by atoms with E-state index in [4.69, 9.17) is 4.74 Å². The quantitative estimate of drug-likeness (QED) is 0.292. The van der Waals surface area contributed by atoms with Gasteiger partial charge < -0.3 is 19.8 Å². The van der Waals surface area contributed by atoms with E-state index in [0.717, 1.165) is 48.8 Å². The van der Waals surface area contributed by atoms with Gasteiger partial charge in [0.25, 0.3) is 0 Å². The normalized spacial score (nSPS) is 18.9. The standard InChI is InChI=1S/C30H36F2N2O4/c1-38-22-9-10-28-25(18-22)23(12-14-33-28)29(35)11-8-20-13-16-34(19-21(20)17-30(36)37)15-3-2-5-24-26(31)6-4-7-27(24)32/h4,6-7,9-10,12,14,18,20-21,29,35H,2-3,5,8,11,13,15-17,19H2,1H3,(H,36,37)/t20-,21+,29+/m1/s1. The number of carboxylic acid groups (broad SMARTS) is 1. The molecule has 2 aromatic carbocycles. The van der Waals surface area contributed by atoms with E-state index in [0.29, 0.717) is 31.6 Å². The third kappa shape index (κ3) is 7.05. The molecule has 2 N–H and O–H groups in total. The van der Waals surface area contributed by atoms with Crippen LogP contribution in [-0.2, 0) is 11.2 Å². The third-order valence-corrected chi connectivity index (χ3v) is 7.78. The van der Waals surface area contributed by atoms with Crippen molar-refractivity contribution in [3.05, 3.63) is 71.4 Å². The minimum atomic E-state index is -0.815. The van der Waals surface area contributed by atoms with Gasteiger partial charge in [0.2, 0.25) is 0 Å². The number of unbranched alkanes of at least 4 members (excludes halogenated alkanes) is 1. The average Bonchev–Trinajstić information content (AvgIpc) is 2.90. The molecule has 8 heteroatoms. The third-order valence-electron chi connectivity index (χ3n) is 7.78. The van der Waals surface area contributed by atoms with Gasteiger partial charge in [-0.3, -0.25) is 9.78 Å². The Morgan fingerprint density at radius 2 is 1.95 bits per heavy atom. The summed E-state index contributed by atoms with van der Waals surface area (Å²) in [5.74, 6) is -0.933. The highest BCUT2D eigenvalue weighted by Gasteiger charge is 2.31. The van der Waals surface area contributed by atoms with Crippen molar-refractivity contribution in [1.82, 2.24) is 9.88 Å². The Morgan fingerprint density at radius 3 is 2.68 bits per heavy atom. The molecule has 1 saturated heterocycles. The van der Waals surface area contributed by atoms with Crippen LogP contribution in [0.5, 0.6) is 5.75 Å². The molecule has 0 amide bonds. The summed E-state index contributed by atoms with van der Waals surface area (Å²) in [4.78, 5) is 18.3. The van der Waals surface area contributed by atoms with Gasteiger partial charge in [0, 0.05) is 30.1 Å². The molecule has 1 aliphatic heterocycles. The zero-order valence-electron chi connectivity index (χ0n) is 21.8. The van der Waals surface area contributed by atoms with Crippen LogP contribution in [0, 0.1) is 23.5 Å². The fraction of sp³-hybridized carbons (Fsp3) is 0.467. The van der Waals surface area contributed by atoms with Crippen LogP contribution < -0.4 is 4.74 Å². The Hall–Kier alpha value is -3.10. The second-order valence-corrected chi connectivity index (χ2v) is 10.2. The van der Waals surface area contributed by atoms with Crippen LogP contribution in [0.25, 0.3) is 10.9 Å². The van der Waals surface area contributed by atoms with Crippen molar-refractivity contribution >= 4 is 16.9 Å². The van der Waals surface area contributed by atoms with Gasteiger partial charge in [-0.1, -0.05) is 6.07 Å². The number of hydrogen-bond donors (Lipinski definition) is 2. The first kappa shape index (κ1) is 27.9. The van der Waals surface area contributed by atoms with E-state index in [1.165, 1.54) is 18.2 Å². The highest BCUT2D eigenvalue weighted by molar-refractivity contribution is 5.83. The number of rotatable bonds is 12. The van der Waals surface area contributed by atoms with Crippen LogP contribution >= 0.6 is 0 Å². The Bertz CT molecular complexity index is 1220. The molecule has 0 saturated carbocycles. The number of ether oxygens (including phenoxy) is 1. The smallest absolute Gasteiger partial charge is 0.303 e. The van der Waals surface area contributed by atoms with Crippen molar-refractivity contribution < 1.29 is 28.5 Å². The molecule has 1 fully saturated rings. The van der Waals surface area contributed by atoms with Crippen LogP contribution in [0.4, 0.5) is 8.78 Å². The molecule has 0 radical (unpaired) electrons. The number of likely N-dealkylation sites (tertiary alicyclic amines) is 1. The van der Waals surface area contributed by atoms with Crippen LogP contribution in [0.1, 0.15) is 55.8 Å². The number of halogens is 2. The maximum Gasteiger partial charge on any atom is 0.303 e. The molecular formula is C30H36F2N2O4. The van der Waals surface area contributed by atoms with E-state index in [1.807, 2.05) is 24.3 Å². The number of benzene rings is 2. The Kier molecular flexibility index (Phi) is 9.63. The number of aliphatic hydroxyl groups excluding tert-OH is 1. The Balaban J connectivity index is 1.31. The largest absolute Gasteiger partial charge is 0.497 e. The summed E-state index contributed by atoms with van der Waals surface area (Å²) in [6.07, 6.45) is 5.02. The number of methoxy groups -OCH3 is 1. The van der Waals surface area contributed by atoms with Gasteiger partial charge in [-0.05, 0) is 105 Å². The molecule has 0 bridgehead atoms. The van der Waals surface area contributed by atoms with Crippen molar-refractivity contribution in [1.29, 1.82) is 0 Å². The molecule has 0 unspecified atom stereocenters. The number of carboxylic acids is 1. The van der Waals surface area contributed by atoms with E-state index in [2.05, 4.69) is 9.88 Å². The van der Waals surface area contributed by atoms with Crippen LogP contribution in [-0.4, -0.2) is 52.8 Å². The molecule has 0 spiro atoms. The van der Waals surface area contributed by atoms with E-state index in [1.54, 1.807) is 13.3 Å². The summed E-state index contributed by atoms with van der Waals surface area (Å²) >= 11 is 0. The lowest BCUT2D eigenvalue weighted by molar-refractivity contribution is -0.139. The predicted molar refractivity (Wildman–Crippen MR) is 142 cm³/mol. The first-order valence-electron chi connectivity index (χ1n) is 13.3. The lowest BCUT2D eigenvalue weighted by Gasteiger charge is -2.38. The number of aliphatic carboxylic acids is 1. The zero-order valence-corrected chi connectivity index (χ0v) is 21.8. The van der Waals surface area contributed by atoms with Gasteiger partial charge in [-0.15, -0.1) is 0 Å². The number of hydrogen-bond acceptors (Lipinski definition) is 5. The number of fused-ring (bicyclic) bond motifs is 1. The molecule has 204 valence electrons. The van der Waals surface area contributed by atoms with Gasteiger partial charge in [-0.25, -0.2) is 8.78 Å². The molecule has 3 aromatic rings. The summed E-state index contributed by atoms with van der Waals surface area (Å²) in [6, 6.07) is 11.4. The fourth-order valence-electron chi connectivity index (χ4n) is 5.69. The van der Waals surface area contributed by atoms with Gasteiger partial charge in [0.05, 0.1) is 18.7 Å². The van der Waals surface area contributed by atoms with Crippen LogP contribution in [0.3, 0.4) is 0 Å². The second-order valence-electron chi connectivity index (χ2n) is 10.2. The molecule has 1 aliphatic rings. The highest BCUT2D eigenvalue weighted by atomic mass is 19.1. The van der Waals surface area contributed by atoms with Crippen molar-refractivity contribution in [3.8, 4) is 5.75 Å². The average molecular weight is 527 g/mol. The number of aromatic nitrogens is 1. The van der Waals surface area contributed by atoms with Crippen molar-refractivity contribution in [3.63, 3.8) is 0 Å². The monoisotopic (exact) mass is 526 g/mol. The molecule has 38 heavy (non-hydrogen) atoms. The number of aliphatic hydroxyl groups is 1. The minimum Gasteiger partial charge on any atom is -0.497 e. The maximum absolute atomic E-state index is 13.9. The van der Waals surface area contributed by atoms with E-state index in [-0.39, 0.29) is 23.8 Å².